The van der Waals surface area contributed by atoms with Crippen LogP contribution in [0.15, 0.2) is 22.7 Å². The number of ether oxygens (including phenoxy) is 1. The Morgan fingerprint density at radius 1 is 1.48 bits per heavy atom. The zero-order valence-electron chi connectivity index (χ0n) is 11.5. The first-order valence-electron chi connectivity index (χ1n) is 6.63. The fraction of sp³-hybridized carbons (Fsp3) is 0.500. The lowest BCUT2D eigenvalue weighted by Gasteiger charge is -2.26. The molecule has 0 saturated carbocycles. The SMILES string of the molecule is Cl.NC(C(=O)NCc1ccc(Br)cc1Cl)C1CCOCC1. The molecule has 118 valence electrons. The molecule has 0 spiro atoms. The Labute approximate surface area is 144 Å². The summed E-state index contributed by atoms with van der Waals surface area (Å²) >= 11 is 9.46. The van der Waals surface area contributed by atoms with Gasteiger partial charge in [-0.05, 0) is 36.5 Å². The van der Waals surface area contributed by atoms with E-state index in [-0.39, 0.29) is 24.2 Å². The Balaban J connectivity index is 0.00000220. The summed E-state index contributed by atoms with van der Waals surface area (Å²) < 4.78 is 6.19. The van der Waals surface area contributed by atoms with Gasteiger partial charge >= 0.3 is 0 Å². The monoisotopic (exact) mass is 396 g/mol. The molecule has 1 aromatic carbocycles. The van der Waals surface area contributed by atoms with Gasteiger partial charge in [0.25, 0.3) is 0 Å². The van der Waals surface area contributed by atoms with E-state index >= 15 is 0 Å². The van der Waals surface area contributed by atoms with Crippen LogP contribution in [0.25, 0.3) is 0 Å². The first-order chi connectivity index (χ1) is 9.58. The molecule has 1 saturated heterocycles. The lowest BCUT2D eigenvalue weighted by molar-refractivity contribution is -0.124. The van der Waals surface area contributed by atoms with Crippen LogP contribution in [0.4, 0.5) is 0 Å². The highest BCUT2D eigenvalue weighted by atomic mass is 79.9. The maximum atomic E-state index is 12.1. The molecule has 1 unspecified atom stereocenters. The van der Waals surface area contributed by atoms with Gasteiger partial charge in [-0.1, -0.05) is 33.6 Å². The molecule has 4 nitrogen and oxygen atoms in total. The van der Waals surface area contributed by atoms with Gasteiger partial charge in [0.15, 0.2) is 0 Å². The third-order valence-corrected chi connectivity index (χ3v) is 4.39. The molecule has 1 amide bonds. The lowest BCUT2D eigenvalue weighted by Crippen LogP contribution is -2.46. The van der Waals surface area contributed by atoms with Crippen molar-refractivity contribution in [2.45, 2.75) is 25.4 Å². The van der Waals surface area contributed by atoms with Crippen molar-refractivity contribution >= 4 is 45.8 Å². The average molecular weight is 398 g/mol. The molecular formula is C14H19BrCl2N2O2. The van der Waals surface area contributed by atoms with E-state index in [9.17, 15) is 4.79 Å². The van der Waals surface area contributed by atoms with Crippen molar-refractivity contribution in [1.82, 2.24) is 5.32 Å². The molecule has 21 heavy (non-hydrogen) atoms. The van der Waals surface area contributed by atoms with Crippen LogP contribution < -0.4 is 11.1 Å². The number of hydrogen-bond acceptors (Lipinski definition) is 3. The standard InChI is InChI=1S/C14H18BrClN2O2.ClH/c15-11-2-1-10(12(16)7-11)8-18-14(19)13(17)9-3-5-20-6-4-9;/h1-2,7,9,13H,3-6,8,17H2,(H,18,19);1H. The zero-order chi connectivity index (χ0) is 14.5. The van der Waals surface area contributed by atoms with E-state index in [1.54, 1.807) is 6.07 Å². The Morgan fingerprint density at radius 2 is 2.14 bits per heavy atom. The van der Waals surface area contributed by atoms with E-state index in [1.807, 2.05) is 12.1 Å². The molecule has 0 aromatic heterocycles. The second-order valence-electron chi connectivity index (χ2n) is 4.93. The number of nitrogens with one attached hydrogen (secondary N) is 1. The molecule has 2 rings (SSSR count). The molecular weight excluding hydrogens is 379 g/mol. The second-order valence-corrected chi connectivity index (χ2v) is 6.25. The summed E-state index contributed by atoms with van der Waals surface area (Å²) in [5.74, 6) is 0.0695. The lowest BCUT2D eigenvalue weighted by atomic mass is 9.92. The van der Waals surface area contributed by atoms with E-state index in [2.05, 4.69) is 21.2 Å². The molecule has 0 aliphatic carbocycles. The number of carbonyl (C=O) groups is 1. The third-order valence-electron chi connectivity index (χ3n) is 3.54. The molecule has 0 radical (unpaired) electrons. The van der Waals surface area contributed by atoms with Crippen molar-refractivity contribution in [3.8, 4) is 0 Å². The summed E-state index contributed by atoms with van der Waals surface area (Å²) in [4.78, 5) is 12.1. The van der Waals surface area contributed by atoms with Crippen LogP contribution in [-0.2, 0) is 16.1 Å². The minimum Gasteiger partial charge on any atom is -0.381 e. The smallest absolute Gasteiger partial charge is 0.237 e. The molecule has 1 aliphatic rings. The second kappa shape index (κ2) is 8.96. The Kier molecular flexibility index (Phi) is 7.98. The van der Waals surface area contributed by atoms with Gasteiger partial charge in [0.2, 0.25) is 5.91 Å². The van der Waals surface area contributed by atoms with E-state index < -0.39 is 6.04 Å². The first kappa shape index (κ1) is 18.7. The summed E-state index contributed by atoms with van der Waals surface area (Å²) in [6.07, 6.45) is 1.68. The van der Waals surface area contributed by atoms with Crippen molar-refractivity contribution in [3.05, 3.63) is 33.3 Å². The van der Waals surface area contributed by atoms with Gasteiger partial charge in [-0.2, -0.15) is 0 Å². The van der Waals surface area contributed by atoms with Crippen LogP contribution in [0.5, 0.6) is 0 Å². The molecule has 3 N–H and O–H groups in total. The van der Waals surface area contributed by atoms with E-state index in [0.29, 0.717) is 24.8 Å². The van der Waals surface area contributed by atoms with Crippen molar-refractivity contribution in [2.75, 3.05) is 13.2 Å². The quantitative estimate of drug-likeness (QED) is 0.820. The van der Waals surface area contributed by atoms with E-state index in [1.165, 1.54) is 0 Å². The number of rotatable bonds is 4. The molecule has 7 heteroatoms. The fourth-order valence-corrected chi connectivity index (χ4v) is 2.99. The van der Waals surface area contributed by atoms with Gasteiger partial charge < -0.3 is 15.8 Å². The maximum Gasteiger partial charge on any atom is 0.237 e. The van der Waals surface area contributed by atoms with E-state index in [4.69, 9.17) is 22.1 Å². The summed E-state index contributed by atoms with van der Waals surface area (Å²) in [7, 11) is 0. The summed E-state index contributed by atoms with van der Waals surface area (Å²) in [5.41, 5.74) is 6.89. The zero-order valence-corrected chi connectivity index (χ0v) is 14.6. The van der Waals surface area contributed by atoms with Crippen molar-refractivity contribution < 1.29 is 9.53 Å². The fourth-order valence-electron chi connectivity index (χ4n) is 2.25. The minimum atomic E-state index is -0.479. The van der Waals surface area contributed by atoms with Gasteiger partial charge in [-0.3, -0.25) is 4.79 Å². The van der Waals surface area contributed by atoms with Crippen LogP contribution in [0, 0.1) is 5.92 Å². The highest BCUT2D eigenvalue weighted by Crippen LogP contribution is 2.21. The maximum absolute atomic E-state index is 12.1. The largest absolute Gasteiger partial charge is 0.381 e. The van der Waals surface area contributed by atoms with Gasteiger partial charge in [-0.25, -0.2) is 0 Å². The van der Waals surface area contributed by atoms with E-state index in [0.717, 1.165) is 22.9 Å². The minimum absolute atomic E-state index is 0. The molecule has 1 heterocycles. The summed E-state index contributed by atoms with van der Waals surface area (Å²) in [6.45, 7) is 1.76. The number of amides is 1. The van der Waals surface area contributed by atoms with Crippen LogP contribution in [0.1, 0.15) is 18.4 Å². The van der Waals surface area contributed by atoms with Crippen LogP contribution >= 0.6 is 39.9 Å². The van der Waals surface area contributed by atoms with Gasteiger partial charge in [0.05, 0.1) is 6.04 Å². The molecule has 1 aromatic rings. The predicted molar refractivity (Wildman–Crippen MR) is 89.8 cm³/mol. The summed E-state index contributed by atoms with van der Waals surface area (Å²) in [6, 6.07) is 5.10. The van der Waals surface area contributed by atoms with Gasteiger partial charge in [0, 0.05) is 29.3 Å². The molecule has 1 fully saturated rings. The van der Waals surface area contributed by atoms with Crippen molar-refractivity contribution in [2.24, 2.45) is 11.7 Å². The van der Waals surface area contributed by atoms with Crippen molar-refractivity contribution in [1.29, 1.82) is 0 Å². The molecule has 1 atom stereocenters. The first-order valence-corrected chi connectivity index (χ1v) is 7.80. The van der Waals surface area contributed by atoms with Crippen LogP contribution in [0.2, 0.25) is 5.02 Å². The summed E-state index contributed by atoms with van der Waals surface area (Å²) in [5, 5.41) is 3.48. The number of halogens is 3. The number of nitrogens with two attached hydrogens (primary N) is 1. The normalized spacial score (nSPS) is 16.9. The van der Waals surface area contributed by atoms with Crippen molar-refractivity contribution in [3.63, 3.8) is 0 Å². The van der Waals surface area contributed by atoms with Crippen LogP contribution in [-0.4, -0.2) is 25.2 Å². The highest BCUT2D eigenvalue weighted by molar-refractivity contribution is 9.10. The van der Waals surface area contributed by atoms with Gasteiger partial charge in [-0.15, -0.1) is 12.4 Å². The highest BCUT2D eigenvalue weighted by Gasteiger charge is 2.26. The molecule has 0 bridgehead atoms. The topological polar surface area (TPSA) is 64.4 Å². The van der Waals surface area contributed by atoms with Gasteiger partial charge in [0.1, 0.15) is 0 Å². The Hall–Kier alpha value is -0.330. The third kappa shape index (κ3) is 5.42. The Bertz CT molecular complexity index is 482. The number of carbonyl (C=O) groups excluding carboxylic acids is 1. The number of hydrogen-bond donors (Lipinski definition) is 2. The average Bonchev–Trinajstić information content (AvgIpc) is 2.46. The molecule has 1 aliphatic heterocycles. The predicted octanol–water partition coefficient (Wildman–Crippen LogP) is 2.89. The number of benzene rings is 1. The Morgan fingerprint density at radius 3 is 2.76 bits per heavy atom. The van der Waals surface area contributed by atoms with Crippen LogP contribution in [0.3, 0.4) is 0 Å².